The molecule has 0 radical (unpaired) electrons. The predicted octanol–water partition coefficient (Wildman–Crippen LogP) is 2.66. The smallest absolute Gasteiger partial charge is 0.159 e. The first kappa shape index (κ1) is 9.87. The molecule has 0 saturated carbocycles. The quantitative estimate of drug-likeness (QED) is 0.710. The van der Waals surface area contributed by atoms with E-state index in [0.717, 1.165) is 6.07 Å². The van der Waals surface area contributed by atoms with Gasteiger partial charge in [0.05, 0.1) is 10.0 Å². The van der Waals surface area contributed by atoms with E-state index in [1.54, 1.807) is 6.07 Å². The van der Waals surface area contributed by atoms with Gasteiger partial charge in [-0.05, 0) is 35.0 Å². The number of halogens is 2. The number of hydrogen-bond acceptors (Lipinski definition) is 2. The molecule has 66 valence electrons. The summed E-state index contributed by atoms with van der Waals surface area (Å²) in [6, 6.07) is 4.25. The summed E-state index contributed by atoms with van der Waals surface area (Å²) < 4.78 is 13.1. The standard InChI is InChI=1S/C9H5BrFNO/c1-5(13)6-2-7(4-12)9(10)8(11)3-6/h2-3H,1H3. The van der Waals surface area contributed by atoms with Crippen LogP contribution < -0.4 is 0 Å². The van der Waals surface area contributed by atoms with Crippen LogP contribution >= 0.6 is 15.9 Å². The van der Waals surface area contributed by atoms with Crippen LogP contribution in [0, 0.1) is 17.1 Å². The number of hydrogen-bond donors (Lipinski definition) is 0. The highest BCUT2D eigenvalue weighted by molar-refractivity contribution is 9.10. The summed E-state index contributed by atoms with van der Waals surface area (Å²) in [6.07, 6.45) is 0. The maximum absolute atomic E-state index is 13.0. The van der Waals surface area contributed by atoms with Crippen molar-refractivity contribution in [3.8, 4) is 6.07 Å². The molecule has 0 N–H and O–H groups in total. The van der Waals surface area contributed by atoms with Gasteiger partial charge in [-0.1, -0.05) is 0 Å². The summed E-state index contributed by atoms with van der Waals surface area (Å²) in [5.74, 6) is -0.854. The molecule has 0 aliphatic carbocycles. The van der Waals surface area contributed by atoms with Gasteiger partial charge in [0.25, 0.3) is 0 Å². The van der Waals surface area contributed by atoms with Crippen molar-refractivity contribution in [1.82, 2.24) is 0 Å². The molecule has 0 heterocycles. The zero-order valence-electron chi connectivity index (χ0n) is 6.77. The monoisotopic (exact) mass is 241 g/mol. The van der Waals surface area contributed by atoms with Crippen LogP contribution in [0.15, 0.2) is 16.6 Å². The topological polar surface area (TPSA) is 40.9 Å². The van der Waals surface area contributed by atoms with E-state index in [-0.39, 0.29) is 21.4 Å². The van der Waals surface area contributed by atoms with E-state index in [2.05, 4.69) is 15.9 Å². The molecule has 2 nitrogen and oxygen atoms in total. The highest BCUT2D eigenvalue weighted by Gasteiger charge is 2.10. The lowest BCUT2D eigenvalue weighted by Crippen LogP contribution is -1.95. The van der Waals surface area contributed by atoms with Gasteiger partial charge < -0.3 is 0 Å². The van der Waals surface area contributed by atoms with E-state index < -0.39 is 5.82 Å². The van der Waals surface area contributed by atoms with Crippen molar-refractivity contribution in [3.05, 3.63) is 33.5 Å². The molecule has 13 heavy (non-hydrogen) atoms. The molecule has 0 atom stereocenters. The minimum absolute atomic E-state index is 0.0972. The zero-order valence-corrected chi connectivity index (χ0v) is 8.35. The third-order valence-electron chi connectivity index (χ3n) is 1.56. The number of carbonyl (C=O) groups is 1. The Balaban J connectivity index is 3.41. The van der Waals surface area contributed by atoms with E-state index in [1.807, 2.05) is 0 Å². The van der Waals surface area contributed by atoms with Crippen molar-refractivity contribution in [1.29, 1.82) is 5.26 Å². The number of Topliss-reactive ketones (excluding diaryl/α,β-unsaturated/α-hetero) is 1. The Hall–Kier alpha value is -1.21. The minimum Gasteiger partial charge on any atom is -0.295 e. The molecule has 1 rings (SSSR count). The molecule has 0 aliphatic rings. The fourth-order valence-electron chi connectivity index (χ4n) is 0.874. The van der Waals surface area contributed by atoms with E-state index in [0.29, 0.717) is 0 Å². The van der Waals surface area contributed by atoms with Gasteiger partial charge in [-0.15, -0.1) is 0 Å². The van der Waals surface area contributed by atoms with Crippen LogP contribution in [-0.2, 0) is 0 Å². The lowest BCUT2D eigenvalue weighted by Gasteiger charge is -2.00. The molecule has 0 fully saturated rings. The summed E-state index contributed by atoms with van der Waals surface area (Å²) in [6.45, 7) is 1.32. The minimum atomic E-state index is -0.593. The van der Waals surface area contributed by atoms with Gasteiger partial charge in [-0.3, -0.25) is 4.79 Å². The Morgan fingerprint density at radius 1 is 1.62 bits per heavy atom. The van der Waals surface area contributed by atoms with E-state index in [1.165, 1.54) is 13.0 Å². The maximum atomic E-state index is 13.0. The number of nitrogens with zero attached hydrogens (tertiary/aromatic N) is 1. The van der Waals surface area contributed by atoms with Crippen molar-refractivity contribution < 1.29 is 9.18 Å². The molecule has 0 spiro atoms. The van der Waals surface area contributed by atoms with Gasteiger partial charge in [-0.25, -0.2) is 4.39 Å². The van der Waals surface area contributed by atoms with Crippen molar-refractivity contribution in [3.63, 3.8) is 0 Å². The SMILES string of the molecule is CC(=O)c1cc(F)c(Br)c(C#N)c1. The summed E-state index contributed by atoms with van der Waals surface area (Å²) in [4.78, 5) is 10.9. The van der Waals surface area contributed by atoms with E-state index in [4.69, 9.17) is 5.26 Å². The van der Waals surface area contributed by atoms with Crippen molar-refractivity contribution in [2.24, 2.45) is 0 Å². The summed E-state index contributed by atoms with van der Waals surface area (Å²) in [7, 11) is 0. The third kappa shape index (κ3) is 1.93. The summed E-state index contributed by atoms with van der Waals surface area (Å²) in [5.41, 5.74) is 0.336. The lowest BCUT2D eigenvalue weighted by molar-refractivity contribution is 0.101. The second-order valence-electron chi connectivity index (χ2n) is 2.49. The van der Waals surface area contributed by atoms with Gasteiger partial charge in [-0.2, -0.15) is 5.26 Å². The zero-order chi connectivity index (χ0) is 10.0. The molecular formula is C9H5BrFNO. The van der Waals surface area contributed by atoms with Crippen LogP contribution in [0.5, 0.6) is 0 Å². The molecule has 0 aromatic heterocycles. The Morgan fingerprint density at radius 2 is 2.23 bits per heavy atom. The van der Waals surface area contributed by atoms with Gasteiger partial charge in [0.1, 0.15) is 11.9 Å². The highest BCUT2D eigenvalue weighted by atomic mass is 79.9. The third-order valence-corrected chi connectivity index (χ3v) is 2.36. The lowest BCUT2D eigenvalue weighted by atomic mass is 10.1. The van der Waals surface area contributed by atoms with Crippen molar-refractivity contribution in [2.45, 2.75) is 6.92 Å². The van der Waals surface area contributed by atoms with Crippen LogP contribution in [0.4, 0.5) is 4.39 Å². The number of carbonyl (C=O) groups excluding carboxylic acids is 1. The Morgan fingerprint density at radius 3 is 2.69 bits per heavy atom. The number of benzene rings is 1. The second-order valence-corrected chi connectivity index (χ2v) is 3.28. The first-order chi connectivity index (χ1) is 6.06. The van der Waals surface area contributed by atoms with Crippen LogP contribution in [0.1, 0.15) is 22.8 Å². The number of nitriles is 1. The summed E-state index contributed by atoms with van der Waals surface area (Å²) in [5, 5.41) is 8.59. The van der Waals surface area contributed by atoms with Crippen LogP contribution in [0.3, 0.4) is 0 Å². The molecule has 0 bridgehead atoms. The predicted molar refractivity (Wildman–Crippen MR) is 48.8 cm³/mol. The van der Waals surface area contributed by atoms with Crippen molar-refractivity contribution in [2.75, 3.05) is 0 Å². The Labute approximate surface area is 83.1 Å². The van der Waals surface area contributed by atoms with Gasteiger partial charge in [0.15, 0.2) is 5.78 Å². The van der Waals surface area contributed by atoms with E-state index >= 15 is 0 Å². The number of ketones is 1. The highest BCUT2D eigenvalue weighted by Crippen LogP contribution is 2.22. The summed E-state index contributed by atoms with van der Waals surface area (Å²) >= 11 is 2.91. The molecule has 0 aliphatic heterocycles. The average Bonchev–Trinajstić information content (AvgIpc) is 2.09. The first-order valence-corrected chi connectivity index (χ1v) is 4.25. The fraction of sp³-hybridized carbons (Fsp3) is 0.111. The Bertz CT molecular complexity index is 409. The first-order valence-electron chi connectivity index (χ1n) is 3.46. The van der Waals surface area contributed by atoms with Gasteiger partial charge in [0.2, 0.25) is 0 Å². The molecule has 0 amide bonds. The van der Waals surface area contributed by atoms with Crippen molar-refractivity contribution >= 4 is 21.7 Å². The average molecular weight is 242 g/mol. The fourth-order valence-corrected chi connectivity index (χ4v) is 1.19. The normalized spacial score (nSPS) is 9.38. The second kappa shape index (κ2) is 3.67. The van der Waals surface area contributed by atoms with Crippen LogP contribution in [0.2, 0.25) is 0 Å². The largest absolute Gasteiger partial charge is 0.295 e. The Kier molecular flexibility index (Phi) is 2.79. The maximum Gasteiger partial charge on any atom is 0.159 e. The van der Waals surface area contributed by atoms with Crippen LogP contribution in [0.25, 0.3) is 0 Å². The molecule has 0 saturated heterocycles. The number of rotatable bonds is 1. The molecular weight excluding hydrogens is 237 g/mol. The van der Waals surface area contributed by atoms with Gasteiger partial charge >= 0.3 is 0 Å². The molecule has 1 aromatic carbocycles. The molecule has 4 heteroatoms. The molecule has 1 aromatic rings. The van der Waals surface area contributed by atoms with Crippen LogP contribution in [-0.4, -0.2) is 5.78 Å². The van der Waals surface area contributed by atoms with E-state index in [9.17, 15) is 9.18 Å². The molecule has 0 unspecified atom stereocenters. The van der Waals surface area contributed by atoms with Gasteiger partial charge in [0, 0.05) is 5.56 Å².